The van der Waals surface area contributed by atoms with Crippen LogP contribution in [0.5, 0.6) is 0 Å². The smallest absolute Gasteiger partial charge is 0.809 e. The Kier molecular flexibility index (Phi) is 12.1. The van der Waals surface area contributed by atoms with Gasteiger partial charge >= 0.3 is 59.1 Å². The van der Waals surface area contributed by atoms with Crippen LogP contribution in [0.3, 0.4) is 0 Å². The van der Waals surface area contributed by atoms with Gasteiger partial charge in [0.15, 0.2) is 11.5 Å². The van der Waals surface area contributed by atoms with Crippen LogP contribution in [0.25, 0.3) is 11.2 Å². The summed E-state index contributed by atoms with van der Waals surface area (Å²) in [6.07, 6.45) is 1.43. The van der Waals surface area contributed by atoms with Crippen molar-refractivity contribution < 1.29 is 88.0 Å². The van der Waals surface area contributed by atoms with E-state index in [-0.39, 0.29) is 91.2 Å². The zero-order valence-electron chi connectivity index (χ0n) is 14.1. The molecule has 2 rings (SSSR count). The largest absolute Gasteiger partial charge is 1.00 e. The minimum atomic E-state index is -4.71. The summed E-state index contributed by atoms with van der Waals surface area (Å²) in [5.41, 5.74) is 6.53. The van der Waals surface area contributed by atoms with Crippen LogP contribution in [-0.2, 0) is 14.0 Å². The van der Waals surface area contributed by atoms with Crippen LogP contribution < -0.4 is 74.6 Å². The van der Waals surface area contributed by atoms with Gasteiger partial charge in [-0.3, -0.25) is 4.57 Å². The summed E-state index contributed by atoms with van der Waals surface area (Å²) in [4.78, 5) is 33.1. The molecule has 25 heavy (non-hydrogen) atoms. The van der Waals surface area contributed by atoms with E-state index in [1.807, 2.05) is 0 Å². The average molecular weight is 391 g/mol. The molecule has 0 aliphatic carbocycles. The van der Waals surface area contributed by atoms with Crippen LogP contribution in [0.4, 0.5) is 5.82 Å². The van der Waals surface area contributed by atoms with E-state index in [0.29, 0.717) is 11.2 Å². The van der Waals surface area contributed by atoms with Crippen LogP contribution in [-0.4, -0.2) is 50.8 Å². The van der Waals surface area contributed by atoms with Gasteiger partial charge in [-0.15, -0.1) is 0 Å². The van der Waals surface area contributed by atoms with Crippen molar-refractivity contribution in [2.24, 2.45) is 0 Å². The van der Waals surface area contributed by atoms with Gasteiger partial charge in [0.1, 0.15) is 18.1 Å². The third-order valence-electron chi connectivity index (χ3n) is 2.86. The van der Waals surface area contributed by atoms with Crippen molar-refractivity contribution in [2.75, 3.05) is 31.9 Å². The zero-order chi connectivity index (χ0) is 16.9. The van der Waals surface area contributed by atoms with Crippen molar-refractivity contribution in [3.63, 3.8) is 0 Å². The van der Waals surface area contributed by atoms with E-state index in [1.54, 1.807) is 4.57 Å². The monoisotopic (exact) mass is 391 g/mol. The van der Waals surface area contributed by atoms with Crippen LogP contribution in [0, 0.1) is 0 Å². The van der Waals surface area contributed by atoms with Crippen molar-refractivity contribution in [1.82, 2.24) is 19.5 Å². The van der Waals surface area contributed by atoms with Gasteiger partial charge in [-0.05, 0) is 7.60 Å². The maximum absolute atomic E-state index is 10.5. The Morgan fingerprint density at radius 3 is 2.64 bits per heavy atom. The van der Waals surface area contributed by atoms with Crippen molar-refractivity contribution in [3.8, 4) is 0 Å². The summed E-state index contributed by atoms with van der Waals surface area (Å²) >= 11 is 0. The number of imidazole rings is 1. The predicted octanol–water partition coefficient (Wildman–Crippen LogP) is -7.80. The fourth-order valence-electron chi connectivity index (χ4n) is 1.93. The summed E-state index contributed by atoms with van der Waals surface area (Å²) in [6, 6.07) is 0. The Hall–Kier alpha value is 0.380. The minimum absolute atomic E-state index is 0. The number of aromatic nitrogens is 4. The molecule has 0 fully saturated rings. The number of aliphatic hydroxyl groups excluding tert-OH is 1. The average Bonchev–Trinajstić information content (AvgIpc) is 2.91. The molecule has 0 aromatic carbocycles. The van der Waals surface area contributed by atoms with E-state index in [1.165, 1.54) is 12.7 Å². The fourth-order valence-corrected chi connectivity index (χ4v) is 2.29. The van der Waals surface area contributed by atoms with Crippen LogP contribution in [0.1, 0.15) is 12.6 Å². The van der Waals surface area contributed by atoms with Gasteiger partial charge in [-0.2, -0.15) is 0 Å². The summed E-state index contributed by atoms with van der Waals surface area (Å²) in [5.74, 6) is 0.213. The van der Waals surface area contributed by atoms with Gasteiger partial charge in [-0.25, -0.2) is 15.0 Å². The molecule has 0 bridgehead atoms. The molecule has 0 radical (unpaired) electrons. The Morgan fingerprint density at radius 2 is 2.00 bits per heavy atom. The molecule has 2 heterocycles. The van der Waals surface area contributed by atoms with Gasteiger partial charge in [0.25, 0.3) is 0 Å². The molecule has 0 saturated carbocycles. The molecule has 128 valence electrons. The second-order valence-electron chi connectivity index (χ2n) is 4.57. The first-order chi connectivity index (χ1) is 10.9. The van der Waals surface area contributed by atoms with E-state index >= 15 is 0 Å². The summed E-state index contributed by atoms with van der Waals surface area (Å²) in [6.45, 7) is -0.186. The van der Waals surface area contributed by atoms with Crippen LogP contribution in [0.15, 0.2) is 12.7 Å². The number of aliphatic hydroxyl groups is 1. The number of anilines is 1. The molecule has 1 atom stereocenters. The molecule has 11 nitrogen and oxygen atoms in total. The van der Waals surface area contributed by atoms with E-state index in [2.05, 4.69) is 15.0 Å². The first kappa shape index (κ1) is 25.4. The van der Waals surface area contributed by atoms with Gasteiger partial charge in [0, 0.05) is 6.42 Å². The molecule has 0 saturated heterocycles. The number of nitrogens with zero attached hydrogens (tertiary/aromatic N) is 4. The SMILES string of the molecule is Nc1ncnc2c1ncn2C(CCOCP(=O)([O-])[O-])OCCO.[Na+].[Na+]. The van der Waals surface area contributed by atoms with Crippen molar-refractivity contribution in [2.45, 2.75) is 12.6 Å². The molecule has 1 unspecified atom stereocenters. The third kappa shape index (κ3) is 7.87. The molecule has 3 N–H and O–H groups in total. The molecule has 2 aromatic heterocycles. The maximum Gasteiger partial charge on any atom is 1.00 e. The van der Waals surface area contributed by atoms with Gasteiger partial charge in [0.05, 0.1) is 32.5 Å². The van der Waals surface area contributed by atoms with E-state index in [0.717, 1.165) is 0 Å². The number of fused-ring (bicyclic) bond motifs is 1. The van der Waals surface area contributed by atoms with Crippen LogP contribution >= 0.6 is 7.60 Å². The summed E-state index contributed by atoms with van der Waals surface area (Å²) in [7, 11) is -4.71. The normalized spacial score (nSPS) is 12.4. The Morgan fingerprint density at radius 1 is 1.28 bits per heavy atom. The van der Waals surface area contributed by atoms with Crippen molar-refractivity contribution in [1.29, 1.82) is 0 Å². The Bertz CT molecular complexity index is 699. The number of nitrogens with two attached hydrogens (primary N) is 1. The minimum Gasteiger partial charge on any atom is -0.809 e. The van der Waals surface area contributed by atoms with Crippen molar-refractivity contribution in [3.05, 3.63) is 12.7 Å². The number of hydrogen-bond donors (Lipinski definition) is 2. The van der Waals surface area contributed by atoms with Gasteiger partial charge in [-0.1, -0.05) is 0 Å². The fraction of sp³-hybridized carbons (Fsp3) is 0.545. The first-order valence-corrected chi connectivity index (χ1v) is 8.39. The van der Waals surface area contributed by atoms with E-state index in [4.69, 9.17) is 20.3 Å². The van der Waals surface area contributed by atoms with E-state index < -0.39 is 20.2 Å². The maximum atomic E-state index is 10.5. The molecule has 0 aliphatic rings. The Labute approximate surface area is 188 Å². The number of rotatable bonds is 9. The Balaban J connectivity index is 0.00000288. The molecule has 2 aromatic rings. The van der Waals surface area contributed by atoms with E-state index in [9.17, 15) is 14.4 Å². The molecule has 0 aliphatic heterocycles. The molecule has 0 spiro atoms. The number of hydrogen-bond acceptors (Lipinski definition) is 10. The zero-order valence-corrected chi connectivity index (χ0v) is 19.0. The standard InChI is InChI=1S/C11H18N5O6P.2Na/c12-10-9-11(14-5-13-10)16(6-15-9)8(22-4-2-17)1-3-21-7-23(18,19)20;;/h5-6,8,17H,1-4,7H2,(H2,12,13,14)(H2,18,19,20);;/q;2*+1/p-2. The predicted molar refractivity (Wildman–Crippen MR) is 74.9 cm³/mol. The number of nitrogen functional groups attached to an aromatic ring is 1. The van der Waals surface area contributed by atoms with Crippen LogP contribution in [0.2, 0.25) is 0 Å². The number of ether oxygens (including phenoxy) is 2. The second-order valence-corrected chi connectivity index (χ2v) is 6.05. The molecular weight excluding hydrogens is 375 g/mol. The first-order valence-electron chi connectivity index (χ1n) is 6.66. The summed E-state index contributed by atoms with van der Waals surface area (Å²) in [5, 5.41) is 8.90. The van der Waals surface area contributed by atoms with Crippen molar-refractivity contribution >= 4 is 24.6 Å². The molecular formula is C11H16N5Na2O6P. The second kappa shape index (κ2) is 12.0. The molecule has 14 heteroatoms. The van der Waals surface area contributed by atoms with Gasteiger partial charge < -0.3 is 34.7 Å². The quantitative estimate of drug-likeness (QED) is 0.238. The summed E-state index contributed by atoms with van der Waals surface area (Å²) < 4.78 is 22.4. The topological polar surface area (TPSA) is 172 Å². The van der Waals surface area contributed by atoms with Gasteiger partial charge in [0.2, 0.25) is 0 Å². The molecule has 0 amide bonds. The third-order valence-corrected chi connectivity index (χ3v) is 3.36.